The van der Waals surface area contributed by atoms with Gasteiger partial charge in [-0.15, -0.1) is 0 Å². The Bertz CT molecular complexity index is 932. The molecule has 0 radical (unpaired) electrons. The summed E-state index contributed by atoms with van der Waals surface area (Å²) in [7, 11) is 0. The average molecular weight is 343 g/mol. The van der Waals surface area contributed by atoms with Crippen molar-refractivity contribution < 1.29 is 4.79 Å². The number of nitrogens with one attached hydrogen (secondary N) is 1. The summed E-state index contributed by atoms with van der Waals surface area (Å²) in [6.45, 7) is 4.20. The highest BCUT2D eigenvalue weighted by molar-refractivity contribution is 6.04. The Morgan fingerprint density at radius 1 is 1.08 bits per heavy atom. The van der Waals surface area contributed by atoms with Crippen molar-refractivity contribution >= 4 is 23.1 Å². The molecule has 3 aromatic rings. The summed E-state index contributed by atoms with van der Waals surface area (Å²) in [5, 5.41) is 2.91. The third-order valence-electron chi connectivity index (χ3n) is 4.77. The van der Waals surface area contributed by atoms with Crippen molar-refractivity contribution in [1.29, 1.82) is 0 Å². The number of rotatable bonds is 3. The molecule has 4 heteroatoms. The Morgan fingerprint density at radius 3 is 2.58 bits per heavy atom. The van der Waals surface area contributed by atoms with Crippen molar-refractivity contribution in [3.05, 3.63) is 83.6 Å². The summed E-state index contributed by atoms with van der Waals surface area (Å²) in [6.07, 6.45) is 2.73. The van der Waals surface area contributed by atoms with Gasteiger partial charge in [-0.3, -0.25) is 4.79 Å². The summed E-state index contributed by atoms with van der Waals surface area (Å²) < 4.78 is 0. The smallest absolute Gasteiger partial charge is 0.255 e. The second-order valence-electron chi connectivity index (χ2n) is 6.78. The van der Waals surface area contributed by atoms with E-state index in [-0.39, 0.29) is 5.91 Å². The first-order chi connectivity index (χ1) is 12.6. The van der Waals surface area contributed by atoms with E-state index in [4.69, 9.17) is 0 Å². The summed E-state index contributed by atoms with van der Waals surface area (Å²) in [6, 6.07) is 20.2. The first-order valence-corrected chi connectivity index (χ1v) is 8.83. The van der Waals surface area contributed by atoms with Crippen molar-refractivity contribution in [2.24, 2.45) is 0 Å². The van der Waals surface area contributed by atoms with E-state index in [9.17, 15) is 4.79 Å². The first-order valence-electron chi connectivity index (χ1n) is 8.83. The molecule has 4 rings (SSSR count). The predicted molar refractivity (Wildman–Crippen MR) is 105 cm³/mol. The van der Waals surface area contributed by atoms with Crippen molar-refractivity contribution in [2.45, 2.75) is 26.3 Å². The number of amides is 1. The van der Waals surface area contributed by atoms with E-state index >= 15 is 0 Å². The molecule has 0 aliphatic carbocycles. The summed E-state index contributed by atoms with van der Waals surface area (Å²) in [4.78, 5) is 19.2. The monoisotopic (exact) mass is 343 g/mol. The average Bonchev–Trinajstić information content (AvgIpc) is 2.99. The second-order valence-corrected chi connectivity index (χ2v) is 6.78. The normalized spacial score (nSPS) is 15.6. The van der Waals surface area contributed by atoms with E-state index in [1.54, 1.807) is 6.20 Å². The van der Waals surface area contributed by atoms with Gasteiger partial charge in [0.15, 0.2) is 0 Å². The fourth-order valence-corrected chi connectivity index (χ4v) is 3.43. The van der Waals surface area contributed by atoms with Crippen LogP contribution in [-0.4, -0.2) is 16.9 Å². The third kappa shape index (κ3) is 3.06. The molecule has 0 bridgehead atoms. The van der Waals surface area contributed by atoms with Crippen molar-refractivity contribution in [2.75, 3.05) is 10.2 Å². The number of fused-ring (bicyclic) bond motifs is 1. The van der Waals surface area contributed by atoms with E-state index < -0.39 is 0 Å². The van der Waals surface area contributed by atoms with Crippen molar-refractivity contribution in [3.8, 4) is 0 Å². The molecule has 0 saturated carbocycles. The van der Waals surface area contributed by atoms with Gasteiger partial charge in [-0.25, -0.2) is 4.98 Å². The minimum absolute atomic E-state index is 0.126. The zero-order valence-corrected chi connectivity index (χ0v) is 14.9. The van der Waals surface area contributed by atoms with Crippen LogP contribution in [0, 0.1) is 6.92 Å². The molecule has 0 spiro atoms. The second kappa shape index (κ2) is 6.64. The summed E-state index contributed by atoms with van der Waals surface area (Å²) in [5.74, 6) is 0.773. The number of pyridine rings is 1. The number of anilines is 3. The topological polar surface area (TPSA) is 45.2 Å². The van der Waals surface area contributed by atoms with Gasteiger partial charge in [-0.1, -0.05) is 35.9 Å². The lowest BCUT2D eigenvalue weighted by atomic mass is 10.1. The number of hydrogen-bond donors (Lipinski definition) is 1. The zero-order valence-electron chi connectivity index (χ0n) is 14.9. The first kappa shape index (κ1) is 16.3. The molecule has 2 heterocycles. The van der Waals surface area contributed by atoms with Crippen LogP contribution in [0.3, 0.4) is 0 Å². The van der Waals surface area contributed by atoms with Crippen LogP contribution in [0.25, 0.3) is 0 Å². The maximum atomic E-state index is 12.3. The van der Waals surface area contributed by atoms with E-state index in [1.807, 2.05) is 43.3 Å². The maximum Gasteiger partial charge on any atom is 0.255 e. The molecular weight excluding hydrogens is 322 g/mol. The molecule has 2 aromatic carbocycles. The number of nitrogens with zero attached hydrogens (tertiary/aromatic N) is 2. The molecule has 1 aliphatic heterocycles. The van der Waals surface area contributed by atoms with Crippen LogP contribution >= 0.6 is 0 Å². The number of hydrogen-bond acceptors (Lipinski definition) is 3. The Morgan fingerprint density at radius 2 is 1.85 bits per heavy atom. The van der Waals surface area contributed by atoms with Crippen LogP contribution < -0.4 is 10.2 Å². The number of benzene rings is 2. The van der Waals surface area contributed by atoms with Gasteiger partial charge in [-0.05, 0) is 56.2 Å². The number of carbonyl (C=O) groups excluding carboxylic acids is 1. The Labute approximate surface area is 153 Å². The standard InChI is InChI=1S/C22H21N3O/c1-15-7-9-17(10-8-15)22(26)24-19-11-12-21(23-14-19)25-16(2)13-18-5-3-4-6-20(18)25/h3-12,14,16H,13H2,1-2H3,(H,24,26). The van der Waals surface area contributed by atoms with Crippen molar-refractivity contribution in [1.82, 2.24) is 4.98 Å². The molecule has 0 saturated heterocycles. The minimum atomic E-state index is -0.126. The van der Waals surface area contributed by atoms with Gasteiger partial charge in [0.2, 0.25) is 0 Å². The van der Waals surface area contributed by atoms with Crippen LogP contribution in [0.5, 0.6) is 0 Å². The number of aromatic nitrogens is 1. The molecule has 1 N–H and O–H groups in total. The highest BCUT2D eigenvalue weighted by Crippen LogP contribution is 2.37. The molecule has 1 atom stereocenters. The molecule has 26 heavy (non-hydrogen) atoms. The largest absolute Gasteiger partial charge is 0.323 e. The Hall–Kier alpha value is -3.14. The van der Waals surface area contributed by atoms with Crippen LogP contribution in [-0.2, 0) is 6.42 Å². The van der Waals surface area contributed by atoms with Gasteiger partial charge in [0, 0.05) is 17.3 Å². The SMILES string of the molecule is Cc1ccc(C(=O)Nc2ccc(N3c4ccccc4CC3C)nc2)cc1. The van der Waals surface area contributed by atoms with Crippen LogP contribution in [0.2, 0.25) is 0 Å². The van der Waals surface area contributed by atoms with Gasteiger partial charge in [-0.2, -0.15) is 0 Å². The summed E-state index contributed by atoms with van der Waals surface area (Å²) >= 11 is 0. The minimum Gasteiger partial charge on any atom is -0.323 e. The van der Waals surface area contributed by atoms with Gasteiger partial charge in [0.25, 0.3) is 5.91 Å². The van der Waals surface area contributed by atoms with Crippen LogP contribution in [0.15, 0.2) is 66.9 Å². The molecule has 1 aromatic heterocycles. The molecule has 1 aliphatic rings. The Balaban J connectivity index is 1.52. The van der Waals surface area contributed by atoms with Gasteiger partial charge >= 0.3 is 0 Å². The van der Waals surface area contributed by atoms with Crippen LogP contribution in [0.1, 0.15) is 28.4 Å². The molecule has 1 amide bonds. The fourth-order valence-electron chi connectivity index (χ4n) is 3.43. The van der Waals surface area contributed by atoms with E-state index in [0.29, 0.717) is 17.3 Å². The lowest BCUT2D eigenvalue weighted by molar-refractivity contribution is 0.102. The molecular formula is C22H21N3O. The predicted octanol–water partition coefficient (Wildman–Crippen LogP) is 4.73. The quantitative estimate of drug-likeness (QED) is 0.748. The molecule has 1 unspecified atom stereocenters. The maximum absolute atomic E-state index is 12.3. The van der Waals surface area contributed by atoms with Gasteiger partial charge in [0.05, 0.1) is 11.9 Å². The fraction of sp³-hybridized carbons (Fsp3) is 0.182. The lowest BCUT2D eigenvalue weighted by Crippen LogP contribution is -2.24. The molecule has 4 nitrogen and oxygen atoms in total. The van der Waals surface area contributed by atoms with Gasteiger partial charge < -0.3 is 10.2 Å². The van der Waals surface area contributed by atoms with E-state index in [1.165, 1.54) is 11.3 Å². The van der Waals surface area contributed by atoms with E-state index in [0.717, 1.165) is 17.8 Å². The van der Waals surface area contributed by atoms with Gasteiger partial charge in [0.1, 0.15) is 5.82 Å². The lowest BCUT2D eigenvalue weighted by Gasteiger charge is -2.24. The Kier molecular flexibility index (Phi) is 4.17. The highest BCUT2D eigenvalue weighted by Gasteiger charge is 2.27. The zero-order chi connectivity index (χ0) is 18.1. The summed E-state index contributed by atoms with van der Waals surface area (Å²) in [5.41, 5.74) is 5.02. The third-order valence-corrected chi connectivity index (χ3v) is 4.77. The highest BCUT2D eigenvalue weighted by atomic mass is 16.1. The molecule has 130 valence electrons. The van der Waals surface area contributed by atoms with Crippen LogP contribution in [0.4, 0.5) is 17.2 Å². The number of carbonyl (C=O) groups is 1. The number of aryl methyl sites for hydroxylation is 1. The van der Waals surface area contributed by atoms with E-state index in [2.05, 4.69) is 46.4 Å². The number of para-hydroxylation sites is 1. The molecule has 0 fully saturated rings. The van der Waals surface area contributed by atoms with Crippen molar-refractivity contribution in [3.63, 3.8) is 0 Å².